The van der Waals surface area contributed by atoms with E-state index in [-0.39, 0.29) is 30.6 Å². The number of nitrogens with one attached hydrogen (secondary N) is 1. The number of piperazine rings is 1. The molecular formula is C15H22BrCl2FN2. The van der Waals surface area contributed by atoms with E-state index in [0.717, 1.165) is 37.7 Å². The van der Waals surface area contributed by atoms with Crippen molar-refractivity contribution < 1.29 is 4.39 Å². The summed E-state index contributed by atoms with van der Waals surface area (Å²) >= 11 is 3.24. The van der Waals surface area contributed by atoms with Gasteiger partial charge in [-0.25, -0.2) is 4.39 Å². The fourth-order valence-electron chi connectivity index (χ4n) is 2.88. The van der Waals surface area contributed by atoms with Crippen molar-refractivity contribution in [1.82, 2.24) is 10.2 Å². The Morgan fingerprint density at radius 3 is 2.48 bits per heavy atom. The maximum atomic E-state index is 13.8. The van der Waals surface area contributed by atoms with Crippen LogP contribution in [0.3, 0.4) is 0 Å². The van der Waals surface area contributed by atoms with E-state index in [1.807, 2.05) is 6.07 Å². The first kappa shape index (κ1) is 19.2. The van der Waals surface area contributed by atoms with Gasteiger partial charge in [-0.2, -0.15) is 0 Å². The first-order valence-electron chi connectivity index (χ1n) is 7.14. The van der Waals surface area contributed by atoms with Crippen LogP contribution in [-0.2, 0) is 0 Å². The molecule has 1 aromatic carbocycles. The molecule has 1 aliphatic heterocycles. The Labute approximate surface area is 146 Å². The maximum Gasteiger partial charge on any atom is 0.137 e. The first-order chi connectivity index (χ1) is 9.24. The standard InChI is InChI=1S/C15H20BrFN2.2ClH/c16-13-4-3-12(10-14(13)17)15(9-11-1-2-11)19-7-5-18-6-8-19;;/h3-4,10-11,15,18H,1-2,5-9H2;2*1H/t15-;;/m0../s1. The molecule has 2 fully saturated rings. The Morgan fingerprint density at radius 1 is 1.24 bits per heavy atom. The minimum absolute atomic E-state index is 0. The third kappa shape index (κ3) is 5.07. The van der Waals surface area contributed by atoms with Gasteiger partial charge in [0.25, 0.3) is 0 Å². The molecule has 1 heterocycles. The molecule has 1 N–H and O–H groups in total. The molecule has 2 nitrogen and oxygen atoms in total. The molecule has 0 radical (unpaired) electrons. The summed E-state index contributed by atoms with van der Waals surface area (Å²) in [7, 11) is 0. The summed E-state index contributed by atoms with van der Waals surface area (Å²) in [5.41, 5.74) is 1.13. The van der Waals surface area contributed by atoms with Gasteiger partial charge in [-0.05, 0) is 46.0 Å². The third-order valence-corrected chi connectivity index (χ3v) is 4.82. The number of hydrogen-bond acceptors (Lipinski definition) is 2. The monoisotopic (exact) mass is 398 g/mol. The van der Waals surface area contributed by atoms with Gasteiger partial charge in [0.2, 0.25) is 0 Å². The highest BCUT2D eigenvalue weighted by molar-refractivity contribution is 9.10. The van der Waals surface area contributed by atoms with Crippen molar-refractivity contribution >= 4 is 40.7 Å². The second-order valence-electron chi connectivity index (χ2n) is 5.65. The van der Waals surface area contributed by atoms with E-state index in [1.54, 1.807) is 6.07 Å². The molecule has 0 unspecified atom stereocenters. The van der Waals surface area contributed by atoms with Gasteiger partial charge in [0.05, 0.1) is 4.47 Å². The van der Waals surface area contributed by atoms with E-state index in [4.69, 9.17) is 0 Å². The lowest BCUT2D eigenvalue weighted by atomic mass is 9.98. The first-order valence-corrected chi connectivity index (χ1v) is 7.93. The zero-order chi connectivity index (χ0) is 13.2. The molecule has 1 aliphatic carbocycles. The van der Waals surface area contributed by atoms with Gasteiger partial charge < -0.3 is 5.32 Å². The highest BCUT2D eigenvalue weighted by Crippen LogP contribution is 2.40. The lowest BCUT2D eigenvalue weighted by molar-refractivity contribution is 0.160. The Bertz CT molecular complexity index is 451. The minimum atomic E-state index is -0.145. The Balaban J connectivity index is 0.00000110. The zero-order valence-corrected chi connectivity index (χ0v) is 15.1. The summed E-state index contributed by atoms with van der Waals surface area (Å²) in [5.74, 6) is 0.708. The van der Waals surface area contributed by atoms with Crippen molar-refractivity contribution in [3.8, 4) is 0 Å². The third-order valence-electron chi connectivity index (χ3n) is 4.17. The molecule has 0 aromatic heterocycles. The number of benzene rings is 1. The summed E-state index contributed by atoms with van der Waals surface area (Å²) in [6, 6.07) is 6.01. The number of halogens is 4. The van der Waals surface area contributed by atoms with E-state index < -0.39 is 0 Å². The van der Waals surface area contributed by atoms with Crippen LogP contribution < -0.4 is 5.32 Å². The SMILES string of the molecule is Cl.Cl.Fc1cc([C@H](CC2CC2)N2CCNCC2)ccc1Br. The number of hydrogen-bond donors (Lipinski definition) is 1. The lowest BCUT2D eigenvalue weighted by Crippen LogP contribution is -2.45. The van der Waals surface area contributed by atoms with Crippen molar-refractivity contribution in [2.45, 2.75) is 25.3 Å². The van der Waals surface area contributed by atoms with Crippen LogP contribution >= 0.6 is 40.7 Å². The minimum Gasteiger partial charge on any atom is -0.314 e. The van der Waals surface area contributed by atoms with Gasteiger partial charge in [0.15, 0.2) is 0 Å². The molecule has 21 heavy (non-hydrogen) atoms. The van der Waals surface area contributed by atoms with Crippen molar-refractivity contribution in [2.24, 2.45) is 5.92 Å². The smallest absolute Gasteiger partial charge is 0.137 e. The molecule has 1 atom stereocenters. The Hall–Kier alpha value is 0.130. The second-order valence-corrected chi connectivity index (χ2v) is 6.51. The molecule has 3 rings (SSSR count). The summed E-state index contributed by atoms with van der Waals surface area (Å²) in [6.07, 6.45) is 3.88. The van der Waals surface area contributed by atoms with E-state index in [9.17, 15) is 4.39 Å². The van der Waals surface area contributed by atoms with Crippen molar-refractivity contribution in [1.29, 1.82) is 0 Å². The summed E-state index contributed by atoms with van der Waals surface area (Å²) in [4.78, 5) is 2.51. The van der Waals surface area contributed by atoms with E-state index in [2.05, 4.69) is 32.2 Å². The summed E-state index contributed by atoms with van der Waals surface area (Å²) in [6.45, 7) is 4.21. The molecule has 1 saturated heterocycles. The molecule has 0 spiro atoms. The van der Waals surface area contributed by atoms with E-state index >= 15 is 0 Å². The molecule has 0 amide bonds. The molecule has 120 valence electrons. The van der Waals surface area contributed by atoms with Gasteiger partial charge in [0, 0.05) is 32.2 Å². The molecule has 6 heteroatoms. The van der Waals surface area contributed by atoms with E-state index in [0.29, 0.717) is 10.5 Å². The van der Waals surface area contributed by atoms with Crippen LogP contribution in [0.4, 0.5) is 4.39 Å². The fourth-order valence-corrected chi connectivity index (χ4v) is 3.13. The van der Waals surface area contributed by atoms with Crippen LogP contribution in [0, 0.1) is 11.7 Å². The van der Waals surface area contributed by atoms with Gasteiger partial charge in [-0.3, -0.25) is 4.90 Å². The van der Waals surface area contributed by atoms with Crippen molar-refractivity contribution in [2.75, 3.05) is 26.2 Å². The predicted molar refractivity (Wildman–Crippen MR) is 93.1 cm³/mol. The Morgan fingerprint density at radius 2 is 1.90 bits per heavy atom. The average Bonchev–Trinajstić information content (AvgIpc) is 3.24. The second kappa shape index (κ2) is 8.68. The van der Waals surface area contributed by atoms with Crippen molar-refractivity contribution in [3.05, 3.63) is 34.1 Å². The lowest BCUT2D eigenvalue weighted by Gasteiger charge is -2.35. The average molecular weight is 400 g/mol. The summed E-state index contributed by atoms with van der Waals surface area (Å²) in [5, 5.41) is 3.39. The highest BCUT2D eigenvalue weighted by Gasteiger charge is 2.30. The van der Waals surface area contributed by atoms with Crippen LogP contribution in [-0.4, -0.2) is 31.1 Å². The van der Waals surface area contributed by atoms with Gasteiger partial charge >= 0.3 is 0 Å². The molecule has 2 aliphatic rings. The fraction of sp³-hybridized carbons (Fsp3) is 0.600. The maximum absolute atomic E-state index is 13.8. The molecule has 1 aromatic rings. The summed E-state index contributed by atoms with van der Waals surface area (Å²) < 4.78 is 14.3. The topological polar surface area (TPSA) is 15.3 Å². The molecular weight excluding hydrogens is 378 g/mol. The predicted octanol–water partition coefficient (Wildman–Crippen LogP) is 4.18. The molecule has 0 bridgehead atoms. The molecule has 1 saturated carbocycles. The van der Waals surface area contributed by atoms with Gasteiger partial charge in [-0.15, -0.1) is 24.8 Å². The van der Waals surface area contributed by atoms with Crippen LogP contribution in [0.15, 0.2) is 22.7 Å². The van der Waals surface area contributed by atoms with Crippen molar-refractivity contribution in [3.63, 3.8) is 0 Å². The van der Waals surface area contributed by atoms with Crippen LogP contribution in [0.25, 0.3) is 0 Å². The zero-order valence-electron chi connectivity index (χ0n) is 11.9. The largest absolute Gasteiger partial charge is 0.314 e. The quantitative estimate of drug-likeness (QED) is 0.816. The number of nitrogens with zero attached hydrogens (tertiary/aromatic N) is 1. The van der Waals surface area contributed by atoms with Crippen LogP contribution in [0.1, 0.15) is 30.9 Å². The van der Waals surface area contributed by atoms with Gasteiger partial charge in [0.1, 0.15) is 5.82 Å². The van der Waals surface area contributed by atoms with Gasteiger partial charge in [-0.1, -0.05) is 18.9 Å². The van der Waals surface area contributed by atoms with Crippen LogP contribution in [0.2, 0.25) is 0 Å². The Kier molecular flexibility index (Phi) is 7.93. The highest BCUT2D eigenvalue weighted by atomic mass is 79.9. The van der Waals surface area contributed by atoms with Crippen LogP contribution in [0.5, 0.6) is 0 Å². The normalized spacial score (nSPS) is 20.3. The van der Waals surface area contributed by atoms with E-state index in [1.165, 1.54) is 19.3 Å². The number of rotatable bonds is 4.